The first kappa shape index (κ1) is 18.4. The molecule has 0 aromatic heterocycles. The lowest BCUT2D eigenvalue weighted by Gasteiger charge is -2.21. The Morgan fingerprint density at radius 2 is 1.92 bits per heavy atom. The molecule has 1 amide bonds. The molecule has 1 aliphatic carbocycles. The molecule has 6 nitrogen and oxygen atoms in total. The lowest BCUT2D eigenvalue weighted by molar-refractivity contribution is 0.0951. The van der Waals surface area contributed by atoms with Crippen LogP contribution in [0.15, 0.2) is 29.2 Å². The van der Waals surface area contributed by atoms with Crippen molar-refractivity contribution in [3.05, 3.63) is 29.8 Å². The van der Waals surface area contributed by atoms with Gasteiger partial charge in [0.25, 0.3) is 5.91 Å². The number of hydrogen-bond donors (Lipinski definition) is 1. The van der Waals surface area contributed by atoms with Crippen LogP contribution in [0.5, 0.6) is 0 Å². The number of benzene rings is 1. The lowest BCUT2D eigenvalue weighted by Crippen LogP contribution is -2.33. The van der Waals surface area contributed by atoms with Crippen molar-refractivity contribution in [2.75, 3.05) is 33.2 Å². The third-order valence-electron chi connectivity index (χ3n) is 5.07. The fraction of sp³-hybridized carbons (Fsp3) is 0.611. The molecule has 3 rings (SSSR count). The van der Waals surface area contributed by atoms with E-state index in [0.29, 0.717) is 18.0 Å². The van der Waals surface area contributed by atoms with E-state index in [2.05, 4.69) is 17.1 Å². The molecule has 0 bridgehead atoms. The highest BCUT2D eigenvalue weighted by Crippen LogP contribution is 2.22. The van der Waals surface area contributed by atoms with Gasteiger partial charge in [-0.05, 0) is 62.5 Å². The van der Waals surface area contributed by atoms with Crippen molar-refractivity contribution in [3.63, 3.8) is 0 Å². The minimum atomic E-state index is -3.52. The van der Waals surface area contributed by atoms with Crippen molar-refractivity contribution in [2.45, 2.75) is 37.1 Å². The smallest absolute Gasteiger partial charge is 0.251 e. The predicted molar refractivity (Wildman–Crippen MR) is 97.0 cm³/mol. The Labute approximate surface area is 150 Å². The van der Waals surface area contributed by atoms with E-state index in [0.717, 1.165) is 38.9 Å². The Hall–Kier alpha value is -1.44. The molecular weight excluding hydrogens is 338 g/mol. The number of rotatable bonds is 7. The van der Waals surface area contributed by atoms with E-state index in [4.69, 9.17) is 0 Å². The van der Waals surface area contributed by atoms with Gasteiger partial charge in [-0.2, -0.15) is 0 Å². The maximum absolute atomic E-state index is 12.8. The highest BCUT2D eigenvalue weighted by atomic mass is 32.2. The van der Waals surface area contributed by atoms with Crippen molar-refractivity contribution < 1.29 is 13.2 Å². The van der Waals surface area contributed by atoms with Crippen LogP contribution in [0.25, 0.3) is 0 Å². The molecular formula is C18H27N3O3S. The maximum Gasteiger partial charge on any atom is 0.251 e. The summed E-state index contributed by atoms with van der Waals surface area (Å²) in [7, 11) is -1.88. The molecule has 7 heteroatoms. The molecule has 138 valence electrons. The van der Waals surface area contributed by atoms with Crippen LogP contribution in [-0.2, 0) is 10.0 Å². The molecule has 1 aromatic carbocycles. The van der Waals surface area contributed by atoms with Gasteiger partial charge in [-0.15, -0.1) is 0 Å². The first-order chi connectivity index (χ1) is 11.9. The van der Waals surface area contributed by atoms with Crippen LogP contribution >= 0.6 is 0 Å². The number of sulfonamides is 1. The Morgan fingerprint density at radius 3 is 2.48 bits per heavy atom. The predicted octanol–water partition coefficient (Wildman–Crippen LogP) is 1.54. The van der Waals surface area contributed by atoms with E-state index in [1.807, 2.05) is 0 Å². The monoisotopic (exact) mass is 365 g/mol. The zero-order valence-corrected chi connectivity index (χ0v) is 15.8. The van der Waals surface area contributed by atoms with Crippen LogP contribution in [0, 0.1) is 5.92 Å². The molecule has 1 saturated carbocycles. The summed E-state index contributed by atoms with van der Waals surface area (Å²) in [6.07, 6.45) is 3.09. The number of amides is 1. The number of carbonyl (C=O) groups is 1. The summed E-state index contributed by atoms with van der Waals surface area (Å²) in [4.78, 5) is 14.6. The van der Waals surface area contributed by atoms with E-state index in [1.165, 1.54) is 16.4 Å². The average Bonchev–Trinajstić information content (AvgIpc) is 3.30. The van der Waals surface area contributed by atoms with Crippen molar-refractivity contribution in [3.8, 4) is 0 Å². The summed E-state index contributed by atoms with van der Waals surface area (Å²) in [5.41, 5.74) is 0.503. The van der Waals surface area contributed by atoms with Crippen LogP contribution in [0.3, 0.4) is 0 Å². The van der Waals surface area contributed by atoms with Gasteiger partial charge < -0.3 is 10.2 Å². The first-order valence-corrected chi connectivity index (χ1v) is 10.4. The third-order valence-corrected chi connectivity index (χ3v) is 6.91. The Balaban J connectivity index is 1.63. The molecule has 1 atom stereocenters. The highest BCUT2D eigenvalue weighted by molar-refractivity contribution is 7.89. The molecule has 1 N–H and O–H groups in total. The molecule has 1 unspecified atom stereocenters. The summed E-state index contributed by atoms with van der Waals surface area (Å²) < 4.78 is 26.9. The fourth-order valence-electron chi connectivity index (χ4n) is 3.27. The topological polar surface area (TPSA) is 69.7 Å². The zero-order valence-electron chi connectivity index (χ0n) is 14.9. The number of hydrogen-bond acceptors (Lipinski definition) is 4. The van der Waals surface area contributed by atoms with E-state index in [1.54, 1.807) is 19.2 Å². The van der Waals surface area contributed by atoms with Gasteiger partial charge in [-0.3, -0.25) is 4.79 Å². The van der Waals surface area contributed by atoms with Crippen LogP contribution in [-0.4, -0.2) is 62.8 Å². The zero-order chi connectivity index (χ0) is 18.0. The van der Waals surface area contributed by atoms with E-state index in [-0.39, 0.29) is 16.8 Å². The van der Waals surface area contributed by atoms with Gasteiger partial charge in [0, 0.05) is 31.7 Å². The first-order valence-electron chi connectivity index (χ1n) is 8.99. The van der Waals surface area contributed by atoms with Gasteiger partial charge in [0.15, 0.2) is 0 Å². The van der Waals surface area contributed by atoms with Gasteiger partial charge in [-0.1, -0.05) is 6.92 Å². The Morgan fingerprint density at radius 1 is 1.24 bits per heavy atom. The SMILES string of the molecule is CCN1CCC(CN(C)S(=O)(=O)c2ccc(C(=O)NC3CC3)cc2)C1. The van der Waals surface area contributed by atoms with E-state index >= 15 is 0 Å². The standard InChI is InChI=1S/C18H27N3O3S/c1-3-21-11-10-14(13-21)12-20(2)25(23,24)17-8-4-15(5-9-17)18(22)19-16-6-7-16/h4-5,8-9,14,16H,3,6-7,10-13H2,1-2H3,(H,19,22). The second-order valence-corrected chi connectivity index (χ2v) is 9.15. The average molecular weight is 365 g/mol. The lowest BCUT2D eigenvalue weighted by atomic mass is 10.1. The number of carbonyl (C=O) groups excluding carboxylic acids is 1. The van der Waals surface area contributed by atoms with Crippen molar-refractivity contribution in [1.82, 2.24) is 14.5 Å². The van der Waals surface area contributed by atoms with Gasteiger partial charge in [0.1, 0.15) is 0 Å². The van der Waals surface area contributed by atoms with Gasteiger partial charge >= 0.3 is 0 Å². The number of likely N-dealkylation sites (tertiary alicyclic amines) is 1. The third kappa shape index (κ3) is 4.40. The second-order valence-electron chi connectivity index (χ2n) is 7.11. The minimum absolute atomic E-state index is 0.134. The molecule has 1 aliphatic heterocycles. The fourth-order valence-corrected chi connectivity index (χ4v) is 4.51. The molecule has 25 heavy (non-hydrogen) atoms. The van der Waals surface area contributed by atoms with Crippen LogP contribution in [0.1, 0.15) is 36.5 Å². The van der Waals surface area contributed by atoms with E-state index in [9.17, 15) is 13.2 Å². The molecule has 1 saturated heterocycles. The number of nitrogens with one attached hydrogen (secondary N) is 1. The Bertz CT molecular complexity index is 714. The molecule has 0 spiro atoms. The van der Waals surface area contributed by atoms with Gasteiger partial charge in [-0.25, -0.2) is 12.7 Å². The van der Waals surface area contributed by atoms with Gasteiger partial charge in [0.05, 0.1) is 4.90 Å². The summed E-state index contributed by atoms with van der Waals surface area (Å²) in [5.74, 6) is 0.244. The quantitative estimate of drug-likeness (QED) is 0.796. The molecule has 1 heterocycles. The molecule has 2 fully saturated rings. The highest BCUT2D eigenvalue weighted by Gasteiger charge is 2.28. The van der Waals surface area contributed by atoms with Crippen LogP contribution in [0.2, 0.25) is 0 Å². The largest absolute Gasteiger partial charge is 0.349 e. The molecule has 0 radical (unpaired) electrons. The van der Waals surface area contributed by atoms with Crippen molar-refractivity contribution >= 4 is 15.9 Å². The summed E-state index contributed by atoms with van der Waals surface area (Å²) >= 11 is 0. The maximum atomic E-state index is 12.8. The normalized spacial score (nSPS) is 21.6. The molecule has 1 aromatic rings. The minimum Gasteiger partial charge on any atom is -0.349 e. The van der Waals surface area contributed by atoms with Crippen LogP contribution in [0.4, 0.5) is 0 Å². The summed E-state index contributed by atoms with van der Waals surface area (Å²) in [6, 6.07) is 6.53. The van der Waals surface area contributed by atoms with Crippen molar-refractivity contribution in [1.29, 1.82) is 0 Å². The number of nitrogens with zero attached hydrogens (tertiary/aromatic N) is 2. The van der Waals surface area contributed by atoms with Gasteiger partial charge in [0.2, 0.25) is 10.0 Å². The summed E-state index contributed by atoms with van der Waals surface area (Å²) in [6.45, 7) is 5.67. The molecule has 2 aliphatic rings. The summed E-state index contributed by atoms with van der Waals surface area (Å²) in [5, 5.41) is 2.91. The van der Waals surface area contributed by atoms with Crippen LogP contribution < -0.4 is 5.32 Å². The van der Waals surface area contributed by atoms with Crippen molar-refractivity contribution in [2.24, 2.45) is 5.92 Å². The van der Waals surface area contributed by atoms with E-state index < -0.39 is 10.0 Å². The Kier molecular flexibility index (Phi) is 5.46. The second kappa shape index (κ2) is 7.43.